The molecule has 0 radical (unpaired) electrons. The van der Waals surface area contributed by atoms with Crippen molar-refractivity contribution in [2.45, 2.75) is 26.3 Å². The van der Waals surface area contributed by atoms with Gasteiger partial charge in [0.1, 0.15) is 0 Å². The Morgan fingerprint density at radius 2 is 1.74 bits per heavy atom. The zero-order valence-electron chi connectivity index (χ0n) is 11.8. The van der Waals surface area contributed by atoms with Crippen LogP contribution in [0.15, 0.2) is 42.5 Å². The summed E-state index contributed by atoms with van der Waals surface area (Å²) in [4.78, 5) is 2.29. The maximum Gasteiger partial charge on any atom is 0.0474 e. The van der Waals surface area contributed by atoms with Crippen molar-refractivity contribution in [2.75, 3.05) is 11.9 Å². The van der Waals surface area contributed by atoms with Crippen molar-refractivity contribution in [3.05, 3.63) is 64.7 Å². The first-order valence-corrected chi connectivity index (χ1v) is 7.06. The van der Waals surface area contributed by atoms with Crippen LogP contribution in [0, 0.1) is 13.8 Å². The fourth-order valence-electron chi connectivity index (χ4n) is 2.36. The van der Waals surface area contributed by atoms with Crippen LogP contribution < -0.4 is 4.90 Å². The molecule has 2 rings (SSSR count). The Morgan fingerprint density at radius 3 is 2.37 bits per heavy atom. The molecule has 0 heterocycles. The Bertz CT molecular complexity index is 563. The van der Waals surface area contributed by atoms with Gasteiger partial charge in [-0.05, 0) is 42.2 Å². The van der Waals surface area contributed by atoms with Gasteiger partial charge in [-0.25, -0.2) is 0 Å². The molecule has 0 aliphatic rings. The van der Waals surface area contributed by atoms with Crippen molar-refractivity contribution < 1.29 is 0 Å². The average molecular weight is 274 g/mol. The van der Waals surface area contributed by atoms with Crippen LogP contribution in [-0.4, -0.2) is 7.05 Å². The lowest BCUT2D eigenvalue weighted by Gasteiger charge is -2.23. The van der Waals surface area contributed by atoms with Crippen LogP contribution in [0.25, 0.3) is 0 Å². The molecule has 0 unspecified atom stereocenters. The minimum absolute atomic E-state index is 0.572. The first-order valence-electron chi connectivity index (χ1n) is 6.53. The van der Waals surface area contributed by atoms with Gasteiger partial charge in [-0.1, -0.05) is 36.4 Å². The Morgan fingerprint density at radius 1 is 1.00 bits per heavy atom. The fraction of sp³-hybridized carbons (Fsp3) is 0.294. The van der Waals surface area contributed by atoms with Crippen LogP contribution in [-0.2, 0) is 12.4 Å². The summed E-state index contributed by atoms with van der Waals surface area (Å²) in [5.41, 5.74) is 6.41. The van der Waals surface area contributed by atoms with Crippen LogP contribution >= 0.6 is 11.6 Å². The standard InChI is InChI=1S/C17H20ClN/c1-13-6-4-5-7-16(13)12-19(3)17-9-8-15(11-18)10-14(17)2/h4-10H,11-12H2,1-3H3. The molecule has 1 nitrogen and oxygen atoms in total. The van der Waals surface area contributed by atoms with E-state index >= 15 is 0 Å². The summed E-state index contributed by atoms with van der Waals surface area (Å²) in [7, 11) is 2.13. The predicted molar refractivity (Wildman–Crippen MR) is 84.0 cm³/mol. The molecule has 0 bridgehead atoms. The minimum Gasteiger partial charge on any atom is -0.370 e. The lowest BCUT2D eigenvalue weighted by molar-refractivity contribution is 0.908. The van der Waals surface area contributed by atoms with Crippen LogP contribution in [0.4, 0.5) is 5.69 Å². The number of hydrogen-bond donors (Lipinski definition) is 0. The van der Waals surface area contributed by atoms with E-state index in [1.54, 1.807) is 0 Å². The van der Waals surface area contributed by atoms with Gasteiger partial charge in [-0.3, -0.25) is 0 Å². The first kappa shape index (κ1) is 14.0. The van der Waals surface area contributed by atoms with Gasteiger partial charge in [0.15, 0.2) is 0 Å². The first-order chi connectivity index (χ1) is 9.11. The highest BCUT2D eigenvalue weighted by molar-refractivity contribution is 6.17. The molecular weight excluding hydrogens is 254 g/mol. The van der Waals surface area contributed by atoms with E-state index in [1.807, 2.05) is 0 Å². The third-order valence-corrected chi connectivity index (χ3v) is 3.80. The van der Waals surface area contributed by atoms with Gasteiger partial charge in [0, 0.05) is 25.2 Å². The van der Waals surface area contributed by atoms with E-state index in [9.17, 15) is 0 Å². The molecular formula is C17H20ClN. The Balaban J connectivity index is 2.21. The topological polar surface area (TPSA) is 3.24 Å². The molecule has 0 saturated heterocycles. The molecule has 0 amide bonds. The van der Waals surface area contributed by atoms with Gasteiger partial charge in [0.25, 0.3) is 0 Å². The summed E-state index contributed by atoms with van der Waals surface area (Å²) in [6.07, 6.45) is 0. The van der Waals surface area contributed by atoms with E-state index in [0.717, 1.165) is 6.54 Å². The van der Waals surface area contributed by atoms with Gasteiger partial charge in [-0.2, -0.15) is 0 Å². The van der Waals surface area contributed by atoms with E-state index < -0.39 is 0 Å². The molecule has 19 heavy (non-hydrogen) atoms. The zero-order chi connectivity index (χ0) is 13.8. The summed E-state index contributed by atoms with van der Waals surface area (Å²) in [5, 5.41) is 0. The zero-order valence-corrected chi connectivity index (χ0v) is 12.5. The summed E-state index contributed by atoms with van der Waals surface area (Å²) in [6.45, 7) is 5.22. The molecule has 0 atom stereocenters. The number of anilines is 1. The molecule has 2 aromatic rings. The number of rotatable bonds is 4. The van der Waals surface area contributed by atoms with Gasteiger partial charge >= 0.3 is 0 Å². The van der Waals surface area contributed by atoms with Crippen LogP contribution in [0.1, 0.15) is 22.3 Å². The predicted octanol–water partition coefficient (Wildman–Crippen LogP) is 4.68. The summed E-state index contributed by atoms with van der Waals surface area (Å²) in [5.74, 6) is 0.572. The lowest BCUT2D eigenvalue weighted by Crippen LogP contribution is -2.18. The molecule has 2 aromatic carbocycles. The number of benzene rings is 2. The Labute approximate surface area is 120 Å². The molecule has 0 aliphatic carbocycles. The van der Waals surface area contributed by atoms with Gasteiger partial charge in [0.2, 0.25) is 0 Å². The fourth-order valence-corrected chi connectivity index (χ4v) is 2.52. The van der Waals surface area contributed by atoms with E-state index in [2.05, 4.69) is 68.3 Å². The largest absolute Gasteiger partial charge is 0.370 e. The molecule has 2 heteroatoms. The van der Waals surface area contributed by atoms with Crippen LogP contribution in [0.5, 0.6) is 0 Å². The smallest absolute Gasteiger partial charge is 0.0474 e. The molecule has 0 saturated carbocycles. The molecule has 0 aromatic heterocycles. The highest BCUT2D eigenvalue weighted by atomic mass is 35.5. The van der Waals surface area contributed by atoms with E-state index in [1.165, 1.54) is 27.9 Å². The number of aryl methyl sites for hydroxylation is 2. The second-order valence-corrected chi connectivity index (χ2v) is 5.30. The van der Waals surface area contributed by atoms with Crippen molar-refractivity contribution in [3.63, 3.8) is 0 Å². The van der Waals surface area contributed by atoms with E-state index in [4.69, 9.17) is 11.6 Å². The summed E-state index contributed by atoms with van der Waals surface area (Å²) >= 11 is 5.87. The van der Waals surface area contributed by atoms with Crippen molar-refractivity contribution in [1.82, 2.24) is 0 Å². The Kier molecular flexibility index (Phi) is 4.49. The number of halogens is 1. The van der Waals surface area contributed by atoms with Crippen LogP contribution in [0.3, 0.4) is 0 Å². The summed E-state index contributed by atoms with van der Waals surface area (Å²) < 4.78 is 0. The molecule has 0 aliphatic heterocycles. The second kappa shape index (κ2) is 6.12. The highest BCUT2D eigenvalue weighted by Gasteiger charge is 2.07. The quantitative estimate of drug-likeness (QED) is 0.731. The molecule has 0 fully saturated rings. The average Bonchev–Trinajstić information content (AvgIpc) is 2.41. The van der Waals surface area contributed by atoms with Crippen molar-refractivity contribution in [3.8, 4) is 0 Å². The van der Waals surface area contributed by atoms with Crippen LogP contribution in [0.2, 0.25) is 0 Å². The second-order valence-electron chi connectivity index (χ2n) is 5.04. The molecule has 100 valence electrons. The van der Waals surface area contributed by atoms with Gasteiger partial charge in [-0.15, -0.1) is 11.6 Å². The highest BCUT2D eigenvalue weighted by Crippen LogP contribution is 2.23. The number of alkyl halides is 1. The maximum atomic E-state index is 5.87. The van der Waals surface area contributed by atoms with Crippen molar-refractivity contribution in [2.24, 2.45) is 0 Å². The normalized spacial score (nSPS) is 10.5. The Hall–Kier alpha value is -1.47. The van der Waals surface area contributed by atoms with Crippen molar-refractivity contribution >= 4 is 17.3 Å². The van der Waals surface area contributed by atoms with Gasteiger partial charge < -0.3 is 4.90 Å². The monoisotopic (exact) mass is 273 g/mol. The van der Waals surface area contributed by atoms with E-state index in [0.29, 0.717) is 5.88 Å². The SMILES string of the molecule is Cc1ccccc1CN(C)c1ccc(CCl)cc1C. The van der Waals surface area contributed by atoms with Gasteiger partial charge in [0.05, 0.1) is 0 Å². The lowest BCUT2D eigenvalue weighted by atomic mass is 10.1. The number of nitrogens with zero attached hydrogens (tertiary/aromatic N) is 1. The summed E-state index contributed by atoms with van der Waals surface area (Å²) in [6, 6.07) is 14.9. The molecule has 0 N–H and O–H groups in total. The number of hydrogen-bond acceptors (Lipinski definition) is 1. The maximum absolute atomic E-state index is 5.87. The molecule has 0 spiro atoms. The third-order valence-electron chi connectivity index (χ3n) is 3.50. The van der Waals surface area contributed by atoms with E-state index in [-0.39, 0.29) is 0 Å². The third kappa shape index (κ3) is 3.30. The van der Waals surface area contributed by atoms with Crippen molar-refractivity contribution in [1.29, 1.82) is 0 Å². The minimum atomic E-state index is 0.572.